The van der Waals surface area contributed by atoms with Crippen molar-refractivity contribution < 1.29 is 0 Å². The summed E-state index contributed by atoms with van der Waals surface area (Å²) in [6, 6.07) is 7.28. The van der Waals surface area contributed by atoms with Gasteiger partial charge in [-0.15, -0.1) is 0 Å². The van der Waals surface area contributed by atoms with Gasteiger partial charge in [0.2, 0.25) is 0 Å². The highest BCUT2D eigenvalue weighted by Crippen LogP contribution is 2.26. The van der Waals surface area contributed by atoms with E-state index in [0.29, 0.717) is 0 Å². The lowest BCUT2D eigenvalue weighted by Crippen LogP contribution is -1.93. The molecule has 0 atom stereocenters. The summed E-state index contributed by atoms with van der Waals surface area (Å²) >= 11 is 0. The molecular formula is C16H18N2O. The van der Waals surface area contributed by atoms with Crippen molar-refractivity contribution in [2.24, 2.45) is 0 Å². The first-order chi connectivity index (χ1) is 9.29. The number of rotatable bonds is 4. The highest BCUT2D eigenvalue weighted by molar-refractivity contribution is 6.07. The van der Waals surface area contributed by atoms with Crippen molar-refractivity contribution in [1.82, 2.24) is 9.97 Å². The second kappa shape index (κ2) is 4.92. The molecule has 0 saturated carbocycles. The van der Waals surface area contributed by atoms with Crippen LogP contribution in [-0.4, -0.2) is 9.97 Å². The molecule has 3 nitrogen and oxygen atoms in total. The van der Waals surface area contributed by atoms with E-state index in [1.807, 2.05) is 12.3 Å². The third-order valence-electron chi connectivity index (χ3n) is 3.65. The maximum absolute atomic E-state index is 11.4. The number of benzene rings is 1. The Morgan fingerprint density at radius 3 is 2.84 bits per heavy atom. The third kappa shape index (κ3) is 2.16. The van der Waals surface area contributed by atoms with Crippen LogP contribution in [0.25, 0.3) is 21.8 Å². The van der Waals surface area contributed by atoms with Crippen LogP contribution in [0.15, 0.2) is 35.3 Å². The first kappa shape index (κ1) is 12.0. The molecule has 0 aliphatic carbocycles. The lowest BCUT2D eigenvalue weighted by Gasteiger charge is -2.03. The molecule has 0 bridgehead atoms. The summed E-state index contributed by atoms with van der Waals surface area (Å²) in [6.07, 6.45) is 6.69. The SMILES string of the molecule is CCCCCc1[nH]ccc2c1[nH]c1cc(=O)ccc12. The van der Waals surface area contributed by atoms with Crippen LogP contribution >= 0.6 is 0 Å². The highest BCUT2D eigenvalue weighted by Gasteiger charge is 2.08. The van der Waals surface area contributed by atoms with Crippen molar-refractivity contribution in [2.75, 3.05) is 0 Å². The van der Waals surface area contributed by atoms with Crippen LogP contribution in [0.1, 0.15) is 31.9 Å². The number of aryl methyl sites for hydroxylation is 1. The summed E-state index contributed by atoms with van der Waals surface area (Å²) in [7, 11) is 0. The van der Waals surface area contributed by atoms with Gasteiger partial charge in [-0.1, -0.05) is 19.8 Å². The summed E-state index contributed by atoms with van der Waals surface area (Å²) in [4.78, 5) is 18.1. The normalized spacial score (nSPS) is 11.4. The monoisotopic (exact) mass is 254 g/mol. The van der Waals surface area contributed by atoms with E-state index in [2.05, 4.69) is 23.0 Å². The molecule has 3 heteroatoms. The van der Waals surface area contributed by atoms with Gasteiger partial charge in [0.1, 0.15) is 0 Å². The molecule has 0 aliphatic rings. The minimum Gasteiger partial charge on any atom is -0.363 e. The van der Waals surface area contributed by atoms with Crippen LogP contribution in [0.4, 0.5) is 0 Å². The summed E-state index contributed by atoms with van der Waals surface area (Å²) < 4.78 is 0. The molecule has 2 aromatic heterocycles. The average molecular weight is 254 g/mol. The van der Waals surface area contributed by atoms with E-state index in [-0.39, 0.29) is 5.43 Å². The molecule has 3 rings (SSSR count). The Kier molecular flexibility index (Phi) is 3.11. The van der Waals surface area contributed by atoms with Crippen molar-refractivity contribution in [3.8, 4) is 0 Å². The minimum absolute atomic E-state index is 0.0515. The standard InChI is InChI=1S/C16H18N2O/c1-2-3-4-5-14-16-13(8-9-17-14)12-7-6-11(19)10-15(12)18-16/h6-10,17-18H,2-5H2,1H3. The molecule has 0 fully saturated rings. The summed E-state index contributed by atoms with van der Waals surface area (Å²) in [5, 5.41) is 2.32. The molecule has 0 amide bonds. The molecule has 2 N–H and O–H groups in total. The number of aromatic nitrogens is 2. The van der Waals surface area contributed by atoms with Gasteiger partial charge in [0.25, 0.3) is 0 Å². The largest absolute Gasteiger partial charge is 0.363 e. The molecule has 0 saturated heterocycles. The van der Waals surface area contributed by atoms with Crippen molar-refractivity contribution in [3.05, 3.63) is 46.4 Å². The average Bonchev–Trinajstić information content (AvgIpc) is 2.77. The van der Waals surface area contributed by atoms with Crippen LogP contribution in [0, 0.1) is 0 Å². The Morgan fingerprint density at radius 2 is 2.00 bits per heavy atom. The Labute approximate surface area is 111 Å². The molecule has 0 aliphatic heterocycles. The maximum Gasteiger partial charge on any atom is 0.180 e. The molecular weight excluding hydrogens is 236 g/mol. The lowest BCUT2D eigenvalue weighted by molar-refractivity contribution is 0.710. The Morgan fingerprint density at radius 1 is 1.11 bits per heavy atom. The Bertz CT molecular complexity index is 767. The second-order valence-electron chi connectivity index (χ2n) is 5.03. The van der Waals surface area contributed by atoms with E-state index < -0.39 is 0 Å². The number of H-pyrrole nitrogens is 2. The number of hydrogen-bond acceptors (Lipinski definition) is 1. The summed E-state index contributed by atoms with van der Waals surface area (Å²) in [5.41, 5.74) is 3.35. The quantitative estimate of drug-likeness (QED) is 0.684. The molecule has 0 spiro atoms. The first-order valence-corrected chi connectivity index (χ1v) is 6.91. The fraction of sp³-hybridized carbons (Fsp3) is 0.312. The molecule has 19 heavy (non-hydrogen) atoms. The van der Waals surface area contributed by atoms with Gasteiger partial charge >= 0.3 is 0 Å². The van der Waals surface area contributed by atoms with Gasteiger partial charge in [0, 0.05) is 28.7 Å². The summed E-state index contributed by atoms with van der Waals surface area (Å²) in [5.74, 6) is 0. The third-order valence-corrected chi connectivity index (χ3v) is 3.65. The van der Waals surface area contributed by atoms with Crippen LogP contribution in [0.2, 0.25) is 0 Å². The van der Waals surface area contributed by atoms with Crippen molar-refractivity contribution in [3.63, 3.8) is 0 Å². The molecule has 0 radical (unpaired) electrons. The smallest absolute Gasteiger partial charge is 0.180 e. The number of pyridine rings is 1. The molecule has 3 aromatic rings. The molecule has 2 heterocycles. The molecule has 0 unspecified atom stereocenters. The van der Waals surface area contributed by atoms with E-state index in [1.54, 1.807) is 12.1 Å². The van der Waals surface area contributed by atoms with Crippen molar-refractivity contribution in [1.29, 1.82) is 0 Å². The van der Waals surface area contributed by atoms with Gasteiger partial charge in [0.05, 0.1) is 11.0 Å². The van der Waals surface area contributed by atoms with E-state index in [9.17, 15) is 4.79 Å². The zero-order chi connectivity index (χ0) is 13.2. The molecule has 98 valence electrons. The second-order valence-corrected chi connectivity index (χ2v) is 5.03. The lowest BCUT2D eigenvalue weighted by atomic mass is 10.1. The van der Waals surface area contributed by atoms with Crippen molar-refractivity contribution in [2.45, 2.75) is 32.6 Å². The van der Waals surface area contributed by atoms with Gasteiger partial charge in [0.15, 0.2) is 5.43 Å². The summed E-state index contributed by atoms with van der Waals surface area (Å²) in [6.45, 7) is 2.21. The first-order valence-electron chi connectivity index (χ1n) is 6.91. The van der Waals surface area contributed by atoms with E-state index in [0.717, 1.165) is 22.8 Å². The van der Waals surface area contributed by atoms with E-state index in [1.165, 1.54) is 30.3 Å². The Balaban J connectivity index is 2.14. The van der Waals surface area contributed by atoms with Crippen LogP contribution < -0.4 is 5.43 Å². The minimum atomic E-state index is 0.0515. The topological polar surface area (TPSA) is 48.6 Å². The number of unbranched alkanes of at least 4 members (excludes halogenated alkanes) is 2. The Hall–Kier alpha value is -2.03. The fourth-order valence-electron chi connectivity index (χ4n) is 2.66. The number of aromatic amines is 2. The van der Waals surface area contributed by atoms with E-state index in [4.69, 9.17) is 0 Å². The zero-order valence-electron chi connectivity index (χ0n) is 11.1. The highest BCUT2D eigenvalue weighted by atomic mass is 16.1. The number of fused-ring (bicyclic) bond motifs is 3. The number of nitrogens with one attached hydrogen (secondary N) is 2. The predicted octanol–water partition coefficient (Wildman–Crippen LogP) is 3.74. The van der Waals surface area contributed by atoms with Gasteiger partial charge < -0.3 is 9.97 Å². The van der Waals surface area contributed by atoms with Gasteiger partial charge in [-0.05, 0) is 31.0 Å². The van der Waals surface area contributed by atoms with Gasteiger partial charge in [-0.25, -0.2) is 0 Å². The van der Waals surface area contributed by atoms with Crippen LogP contribution in [-0.2, 0) is 6.42 Å². The maximum atomic E-state index is 11.4. The number of hydrogen-bond donors (Lipinski definition) is 2. The van der Waals surface area contributed by atoms with Gasteiger partial charge in [-0.3, -0.25) is 4.79 Å². The van der Waals surface area contributed by atoms with E-state index >= 15 is 0 Å². The van der Waals surface area contributed by atoms with Gasteiger partial charge in [-0.2, -0.15) is 0 Å². The van der Waals surface area contributed by atoms with Crippen LogP contribution in [0.5, 0.6) is 0 Å². The van der Waals surface area contributed by atoms with Crippen LogP contribution in [0.3, 0.4) is 0 Å². The predicted molar refractivity (Wildman–Crippen MR) is 79.7 cm³/mol. The van der Waals surface area contributed by atoms with Crippen molar-refractivity contribution >= 4 is 21.8 Å². The fourth-order valence-corrected chi connectivity index (χ4v) is 2.66. The molecule has 1 aromatic carbocycles. The zero-order valence-corrected chi connectivity index (χ0v) is 11.1.